The van der Waals surface area contributed by atoms with E-state index in [2.05, 4.69) is 16.1 Å². The van der Waals surface area contributed by atoms with Gasteiger partial charge in [0.1, 0.15) is 17.9 Å². The second-order valence-electron chi connectivity index (χ2n) is 9.93. The minimum atomic E-state index is -0.594. The van der Waals surface area contributed by atoms with Gasteiger partial charge in [-0.25, -0.2) is 8.78 Å². The molecular weight excluding hydrogens is 448 g/mol. The van der Waals surface area contributed by atoms with Crippen LogP contribution in [0.4, 0.5) is 8.78 Å². The molecule has 8 heteroatoms. The third-order valence-electron chi connectivity index (χ3n) is 7.78. The Bertz CT molecular complexity index is 1370. The van der Waals surface area contributed by atoms with Crippen LogP contribution < -0.4 is 0 Å². The molecule has 6 nitrogen and oxygen atoms in total. The Hall–Kier alpha value is -3.39. The lowest BCUT2D eigenvalue weighted by atomic mass is 9.72. The second kappa shape index (κ2) is 8.09. The van der Waals surface area contributed by atoms with E-state index < -0.39 is 17.2 Å². The predicted molar refractivity (Wildman–Crippen MR) is 127 cm³/mol. The molecule has 0 radical (unpaired) electrons. The molecule has 0 spiro atoms. The molecule has 0 saturated carbocycles. The third kappa shape index (κ3) is 3.42. The largest absolute Gasteiger partial charge is 0.298 e. The summed E-state index contributed by atoms with van der Waals surface area (Å²) >= 11 is 0. The first-order chi connectivity index (χ1) is 16.9. The highest BCUT2D eigenvalue weighted by atomic mass is 19.1. The molecule has 3 aromatic rings. The molecule has 35 heavy (non-hydrogen) atoms. The molecule has 3 atom stereocenters. The number of aryl methyl sites for hydroxylation is 2. The van der Waals surface area contributed by atoms with Crippen molar-refractivity contribution in [1.82, 2.24) is 24.5 Å². The van der Waals surface area contributed by atoms with Gasteiger partial charge in [-0.2, -0.15) is 10.2 Å². The molecule has 2 aliphatic heterocycles. The number of hydrogen-bond acceptors (Lipinski definition) is 4. The van der Waals surface area contributed by atoms with Gasteiger partial charge in [0.25, 0.3) is 0 Å². The summed E-state index contributed by atoms with van der Waals surface area (Å²) in [5.41, 5.74) is 4.59. The Morgan fingerprint density at radius 1 is 1.14 bits per heavy atom. The summed E-state index contributed by atoms with van der Waals surface area (Å²) in [6.45, 7) is 0. The Kier molecular flexibility index (Phi) is 5.11. The van der Waals surface area contributed by atoms with E-state index in [-0.39, 0.29) is 12.1 Å². The Morgan fingerprint density at radius 3 is 2.66 bits per heavy atom. The molecular formula is C27H27F2N5O. The van der Waals surface area contributed by atoms with Crippen LogP contribution in [0.25, 0.3) is 11.3 Å². The van der Waals surface area contributed by atoms with Gasteiger partial charge in [-0.15, -0.1) is 0 Å². The van der Waals surface area contributed by atoms with Crippen molar-refractivity contribution in [3.05, 3.63) is 82.8 Å². The van der Waals surface area contributed by atoms with Crippen LogP contribution in [-0.4, -0.2) is 36.8 Å². The first kappa shape index (κ1) is 22.1. The number of fused-ring (bicyclic) bond motifs is 4. The number of benzene rings is 1. The lowest BCUT2D eigenvalue weighted by Crippen LogP contribution is -2.57. The molecule has 180 valence electrons. The van der Waals surface area contributed by atoms with E-state index in [4.69, 9.17) is 5.10 Å². The van der Waals surface area contributed by atoms with Gasteiger partial charge in [0.15, 0.2) is 0 Å². The monoisotopic (exact) mass is 475 g/mol. The fourth-order valence-corrected chi connectivity index (χ4v) is 6.51. The molecule has 0 amide bonds. The minimum absolute atomic E-state index is 0.0201. The first-order valence-corrected chi connectivity index (χ1v) is 12.0. The highest BCUT2D eigenvalue weighted by Crippen LogP contribution is 2.53. The van der Waals surface area contributed by atoms with Crippen molar-refractivity contribution < 1.29 is 13.6 Å². The van der Waals surface area contributed by atoms with E-state index in [1.54, 1.807) is 9.36 Å². The number of aldehydes is 1. The third-order valence-corrected chi connectivity index (χ3v) is 7.78. The average molecular weight is 476 g/mol. The maximum Gasteiger partial charge on any atom is 0.146 e. The van der Waals surface area contributed by atoms with E-state index in [1.165, 1.54) is 12.1 Å². The summed E-state index contributed by atoms with van der Waals surface area (Å²) in [7, 11) is 3.74. The number of piperidine rings is 1. The molecule has 2 bridgehead atoms. The maximum absolute atomic E-state index is 14.1. The van der Waals surface area contributed by atoms with Gasteiger partial charge in [0, 0.05) is 55.5 Å². The SMILES string of the molecule is Cn1cc(C2(N3[C@@H]4CCC[C@H]3c3nn(C)c(-c5cc(F)cc(F)c5)c3C4)C=CC=C(C=O)C2)cn1. The van der Waals surface area contributed by atoms with Crippen molar-refractivity contribution >= 4 is 6.29 Å². The van der Waals surface area contributed by atoms with E-state index in [0.29, 0.717) is 12.0 Å². The molecule has 1 fully saturated rings. The van der Waals surface area contributed by atoms with Gasteiger partial charge in [0.05, 0.1) is 29.2 Å². The second-order valence-corrected chi connectivity index (χ2v) is 9.93. The van der Waals surface area contributed by atoms with Gasteiger partial charge in [0.2, 0.25) is 0 Å². The molecule has 1 unspecified atom stereocenters. The number of hydrogen-bond donors (Lipinski definition) is 0. The highest BCUT2D eigenvalue weighted by Gasteiger charge is 2.51. The summed E-state index contributed by atoms with van der Waals surface area (Å²) < 4.78 is 31.8. The minimum Gasteiger partial charge on any atom is -0.298 e. The van der Waals surface area contributed by atoms with E-state index in [9.17, 15) is 13.6 Å². The zero-order valence-electron chi connectivity index (χ0n) is 19.8. The summed E-state index contributed by atoms with van der Waals surface area (Å²) in [5, 5.41) is 9.38. The molecule has 4 heterocycles. The van der Waals surface area contributed by atoms with Crippen LogP contribution in [0.3, 0.4) is 0 Å². The standard InChI is InChI=1S/C27H27F2N5O/c1-32-15-19(14-30-32)27(8-4-5-17(13-27)16-35)34-22-6-3-7-24(34)25-23(12-22)26(33(2)31-25)18-9-20(28)11-21(29)10-18/h4-5,8-11,14-16,22,24H,3,6-7,12-13H2,1-2H3/t22-,24+,27?/m1/s1. The predicted octanol–water partition coefficient (Wildman–Crippen LogP) is 4.53. The summed E-state index contributed by atoms with van der Waals surface area (Å²) in [6.07, 6.45) is 15.2. The number of rotatable bonds is 4. The molecule has 1 aromatic carbocycles. The molecule has 3 aliphatic rings. The topological polar surface area (TPSA) is 56.0 Å². The van der Waals surface area contributed by atoms with Crippen molar-refractivity contribution in [2.24, 2.45) is 14.1 Å². The van der Waals surface area contributed by atoms with Crippen LogP contribution in [0.2, 0.25) is 0 Å². The van der Waals surface area contributed by atoms with Crippen LogP contribution in [-0.2, 0) is 30.8 Å². The number of carbonyl (C=O) groups is 1. The van der Waals surface area contributed by atoms with Gasteiger partial charge < -0.3 is 0 Å². The van der Waals surface area contributed by atoms with Crippen LogP contribution in [0.5, 0.6) is 0 Å². The van der Waals surface area contributed by atoms with Crippen molar-refractivity contribution in [1.29, 1.82) is 0 Å². The lowest BCUT2D eigenvalue weighted by molar-refractivity contribution is -0.105. The molecule has 1 aliphatic carbocycles. The molecule has 0 N–H and O–H groups in total. The van der Waals surface area contributed by atoms with Crippen LogP contribution in [0.1, 0.15) is 48.5 Å². The van der Waals surface area contributed by atoms with Crippen LogP contribution in [0.15, 0.2) is 54.4 Å². The Labute approximate surface area is 202 Å². The summed E-state index contributed by atoms with van der Waals surface area (Å²) in [6, 6.07) is 3.87. The fourth-order valence-electron chi connectivity index (χ4n) is 6.51. The zero-order chi connectivity index (χ0) is 24.3. The Morgan fingerprint density at radius 2 is 1.94 bits per heavy atom. The first-order valence-electron chi connectivity index (χ1n) is 12.0. The molecule has 1 saturated heterocycles. The van der Waals surface area contributed by atoms with Crippen molar-refractivity contribution in [2.75, 3.05) is 0 Å². The number of allylic oxidation sites excluding steroid dienone is 2. The van der Waals surface area contributed by atoms with Crippen molar-refractivity contribution in [3.63, 3.8) is 0 Å². The van der Waals surface area contributed by atoms with E-state index in [0.717, 1.165) is 66.1 Å². The number of nitrogens with zero attached hydrogens (tertiary/aromatic N) is 5. The van der Waals surface area contributed by atoms with Crippen molar-refractivity contribution in [3.8, 4) is 11.3 Å². The maximum atomic E-state index is 14.1. The normalized spacial score (nSPS) is 25.9. The zero-order valence-corrected chi connectivity index (χ0v) is 19.8. The van der Waals surface area contributed by atoms with Gasteiger partial charge >= 0.3 is 0 Å². The van der Waals surface area contributed by atoms with Gasteiger partial charge in [-0.05, 0) is 43.4 Å². The quantitative estimate of drug-likeness (QED) is 0.521. The smallest absolute Gasteiger partial charge is 0.146 e. The average Bonchev–Trinajstić information content (AvgIpc) is 3.41. The Balaban J connectivity index is 1.51. The number of carbonyl (C=O) groups excluding carboxylic acids is 1. The van der Waals surface area contributed by atoms with E-state index in [1.807, 2.05) is 38.6 Å². The van der Waals surface area contributed by atoms with Crippen molar-refractivity contribution in [2.45, 2.75) is 49.7 Å². The van der Waals surface area contributed by atoms with Gasteiger partial charge in [-0.1, -0.05) is 18.2 Å². The highest BCUT2D eigenvalue weighted by molar-refractivity contribution is 5.75. The van der Waals surface area contributed by atoms with Gasteiger partial charge in [-0.3, -0.25) is 19.1 Å². The molecule has 6 rings (SSSR count). The number of aromatic nitrogens is 4. The summed E-state index contributed by atoms with van der Waals surface area (Å²) in [4.78, 5) is 14.4. The number of halogens is 2. The lowest BCUT2D eigenvalue weighted by Gasteiger charge is -2.55. The fraction of sp³-hybridized carbons (Fsp3) is 0.370. The molecule has 2 aromatic heterocycles. The van der Waals surface area contributed by atoms with Crippen LogP contribution in [0, 0.1) is 11.6 Å². The summed E-state index contributed by atoms with van der Waals surface area (Å²) in [5.74, 6) is -1.19. The van der Waals surface area contributed by atoms with Crippen LogP contribution >= 0.6 is 0 Å². The van der Waals surface area contributed by atoms with E-state index >= 15 is 0 Å².